The molecule has 0 fully saturated rings. The highest BCUT2D eigenvalue weighted by atomic mass is 16.5. The molecule has 3 heteroatoms. The molecule has 4 rings (SSSR count). The summed E-state index contributed by atoms with van der Waals surface area (Å²) in [5.41, 5.74) is 5.52. The van der Waals surface area contributed by atoms with Crippen molar-refractivity contribution in [2.24, 2.45) is 0 Å². The number of unbranched alkanes of at least 4 members (excludes halogenated alkanes) is 1. The van der Waals surface area contributed by atoms with Crippen molar-refractivity contribution in [3.8, 4) is 11.5 Å². The Morgan fingerprint density at radius 2 is 1.48 bits per heavy atom. The van der Waals surface area contributed by atoms with Crippen LogP contribution in [0.15, 0.2) is 91.1 Å². The number of carbonyl (C=O) groups is 1. The lowest BCUT2D eigenvalue weighted by Gasteiger charge is -2.13. The lowest BCUT2D eigenvalue weighted by atomic mass is 9.98. The van der Waals surface area contributed by atoms with Gasteiger partial charge >= 0.3 is 0 Å². The highest BCUT2D eigenvalue weighted by molar-refractivity contribution is 5.97. The van der Waals surface area contributed by atoms with Crippen LogP contribution in [0.1, 0.15) is 52.5 Å². The molecule has 0 saturated heterocycles. The molecule has 0 saturated carbocycles. The van der Waals surface area contributed by atoms with Crippen molar-refractivity contribution in [1.29, 1.82) is 0 Å². The van der Waals surface area contributed by atoms with Crippen LogP contribution in [0.4, 0.5) is 0 Å². The van der Waals surface area contributed by atoms with Gasteiger partial charge in [-0.3, -0.25) is 4.79 Å². The van der Waals surface area contributed by atoms with Crippen LogP contribution in [-0.2, 0) is 19.4 Å². The number of carbonyl (C=O) groups excluding carboxylic acids is 1. The van der Waals surface area contributed by atoms with E-state index < -0.39 is 0 Å². The van der Waals surface area contributed by atoms with Gasteiger partial charge in [-0.05, 0) is 79.4 Å². The molecule has 168 valence electrons. The van der Waals surface area contributed by atoms with Crippen LogP contribution >= 0.6 is 0 Å². The van der Waals surface area contributed by atoms with Crippen molar-refractivity contribution in [3.63, 3.8) is 0 Å². The molecule has 0 aliphatic heterocycles. The van der Waals surface area contributed by atoms with E-state index in [0.717, 1.165) is 30.0 Å². The first-order valence-electron chi connectivity index (χ1n) is 11.7. The maximum absolute atomic E-state index is 13.0. The lowest BCUT2D eigenvalue weighted by Crippen LogP contribution is -2.09. The second kappa shape index (κ2) is 10.8. The number of nitrogens with zero attached hydrogens (tertiary/aromatic N) is 1. The van der Waals surface area contributed by atoms with Crippen molar-refractivity contribution < 1.29 is 9.53 Å². The van der Waals surface area contributed by atoms with Gasteiger partial charge in [-0.1, -0.05) is 55.3 Å². The summed E-state index contributed by atoms with van der Waals surface area (Å²) in [6.07, 6.45) is 5.98. The molecular weight excluding hydrogens is 406 g/mol. The maximum Gasteiger partial charge on any atom is 0.167 e. The van der Waals surface area contributed by atoms with Gasteiger partial charge in [0.1, 0.15) is 11.5 Å². The molecule has 0 atom stereocenters. The molecule has 3 nitrogen and oxygen atoms in total. The minimum absolute atomic E-state index is 0.114. The summed E-state index contributed by atoms with van der Waals surface area (Å²) in [6.45, 7) is 5.06. The zero-order valence-corrected chi connectivity index (χ0v) is 19.5. The number of hydrogen-bond donors (Lipinski definition) is 0. The van der Waals surface area contributed by atoms with E-state index in [4.69, 9.17) is 4.74 Å². The third-order valence-electron chi connectivity index (χ3n) is 5.95. The summed E-state index contributed by atoms with van der Waals surface area (Å²) in [4.78, 5) is 13.0. The number of ether oxygens (including phenoxy) is 1. The Hall–Kier alpha value is -3.59. The number of aromatic nitrogens is 1. The highest BCUT2D eigenvalue weighted by Gasteiger charge is 2.12. The second-order valence-corrected chi connectivity index (χ2v) is 8.54. The maximum atomic E-state index is 13.0. The fraction of sp³-hybridized carbons (Fsp3) is 0.233. The molecule has 0 amide bonds. The van der Waals surface area contributed by atoms with E-state index in [1.165, 1.54) is 29.7 Å². The molecule has 4 aromatic rings. The monoisotopic (exact) mass is 437 g/mol. The Kier molecular flexibility index (Phi) is 7.41. The van der Waals surface area contributed by atoms with E-state index in [9.17, 15) is 4.79 Å². The van der Waals surface area contributed by atoms with E-state index in [1.807, 2.05) is 61.5 Å². The lowest BCUT2D eigenvalue weighted by molar-refractivity contribution is 0.0992. The zero-order valence-electron chi connectivity index (χ0n) is 19.5. The average Bonchev–Trinajstić information content (AvgIpc) is 3.27. The van der Waals surface area contributed by atoms with Crippen LogP contribution < -0.4 is 4.74 Å². The number of rotatable bonds is 10. The van der Waals surface area contributed by atoms with Gasteiger partial charge in [0, 0.05) is 30.4 Å². The third kappa shape index (κ3) is 6.01. The summed E-state index contributed by atoms with van der Waals surface area (Å²) < 4.78 is 8.19. The van der Waals surface area contributed by atoms with Crippen LogP contribution in [0.3, 0.4) is 0 Å². The van der Waals surface area contributed by atoms with Gasteiger partial charge < -0.3 is 9.30 Å². The Morgan fingerprint density at radius 3 is 2.18 bits per heavy atom. The van der Waals surface area contributed by atoms with Gasteiger partial charge in [0.15, 0.2) is 5.78 Å². The minimum atomic E-state index is 0.114. The molecule has 1 aromatic heterocycles. The average molecular weight is 438 g/mol. The van der Waals surface area contributed by atoms with Crippen LogP contribution in [-0.4, -0.2) is 10.4 Å². The van der Waals surface area contributed by atoms with Crippen LogP contribution in [0.25, 0.3) is 0 Å². The standard InChI is InChI=1S/C30H31NO2/c1-3-4-10-27-11-7-20-31(27)22-26-9-6-5-8-25(26)21-30(32)24-14-18-29(19-15-24)33-28-16-12-23(2)13-17-28/h5-9,11-20H,3-4,10,21-22H2,1-2H3. The Bertz CT molecular complexity index is 1190. The van der Waals surface area contributed by atoms with E-state index in [-0.39, 0.29) is 5.78 Å². The number of ketones is 1. The Balaban J connectivity index is 1.43. The second-order valence-electron chi connectivity index (χ2n) is 8.54. The molecular formula is C30H31NO2. The van der Waals surface area contributed by atoms with Crippen molar-refractivity contribution in [3.05, 3.63) is 119 Å². The third-order valence-corrected chi connectivity index (χ3v) is 5.95. The van der Waals surface area contributed by atoms with Crippen LogP contribution in [0, 0.1) is 6.92 Å². The highest BCUT2D eigenvalue weighted by Crippen LogP contribution is 2.23. The molecule has 0 N–H and O–H groups in total. The Labute approximate surface area is 196 Å². The predicted octanol–water partition coefficient (Wildman–Crippen LogP) is 7.41. The van der Waals surface area contributed by atoms with Crippen molar-refractivity contribution in [1.82, 2.24) is 4.57 Å². The van der Waals surface area contributed by atoms with E-state index >= 15 is 0 Å². The molecule has 3 aromatic carbocycles. The normalized spacial score (nSPS) is 10.8. The first-order chi connectivity index (χ1) is 16.1. The minimum Gasteiger partial charge on any atom is -0.457 e. The SMILES string of the molecule is CCCCc1cccn1Cc1ccccc1CC(=O)c1ccc(Oc2ccc(C)cc2)cc1. The van der Waals surface area contributed by atoms with Crippen molar-refractivity contribution in [2.45, 2.75) is 46.1 Å². The molecule has 0 aliphatic carbocycles. The van der Waals surface area contributed by atoms with Crippen molar-refractivity contribution >= 4 is 5.78 Å². The molecule has 33 heavy (non-hydrogen) atoms. The molecule has 1 heterocycles. The van der Waals surface area contributed by atoms with Crippen LogP contribution in [0.5, 0.6) is 11.5 Å². The zero-order chi connectivity index (χ0) is 23.0. The van der Waals surface area contributed by atoms with E-state index in [0.29, 0.717) is 12.0 Å². The molecule has 0 radical (unpaired) electrons. The Morgan fingerprint density at radius 1 is 0.818 bits per heavy atom. The van der Waals surface area contributed by atoms with E-state index in [2.05, 4.69) is 48.0 Å². The summed E-state index contributed by atoms with van der Waals surface area (Å²) in [5, 5.41) is 0. The molecule has 0 aliphatic rings. The quantitative estimate of drug-likeness (QED) is 0.242. The molecule has 0 bridgehead atoms. The van der Waals surface area contributed by atoms with Crippen molar-refractivity contribution in [2.75, 3.05) is 0 Å². The summed E-state index contributed by atoms with van der Waals surface area (Å²) >= 11 is 0. The molecule has 0 unspecified atom stereocenters. The van der Waals surface area contributed by atoms with Gasteiger partial charge in [0.05, 0.1) is 0 Å². The summed E-state index contributed by atoms with van der Waals surface area (Å²) in [6, 6.07) is 27.9. The number of aryl methyl sites for hydroxylation is 2. The van der Waals surface area contributed by atoms with Gasteiger partial charge in [-0.2, -0.15) is 0 Å². The number of hydrogen-bond acceptors (Lipinski definition) is 2. The first-order valence-corrected chi connectivity index (χ1v) is 11.7. The fourth-order valence-corrected chi connectivity index (χ4v) is 3.98. The van der Waals surface area contributed by atoms with Gasteiger partial charge in [0.2, 0.25) is 0 Å². The van der Waals surface area contributed by atoms with Crippen LogP contribution in [0.2, 0.25) is 0 Å². The van der Waals surface area contributed by atoms with Gasteiger partial charge in [-0.25, -0.2) is 0 Å². The van der Waals surface area contributed by atoms with Gasteiger partial charge in [0.25, 0.3) is 0 Å². The predicted molar refractivity (Wildman–Crippen MR) is 134 cm³/mol. The van der Waals surface area contributed by atoms with E-state index in [1.54, 1.807) is 0 Å². The smallest absolute Gasteiger partial charge is 0.167 e. The summed E-state index contributed by atoms with van der Waals surface area (Å²) in [7, 11) is 0. The largest absolute Gasteiger partial charge is 0.457 e. The first kappa shape index (κ1) is 22.6. The number of Topliss-reactive ketones (excluding diaryl/α,β-unsaturated/α-hetero) is 1. The fourth-order valence-electron chi connectivity index (χ4n) is 3.98. The molecule has 0 spiro atoms. The topological polar surface area (TPSA) is 31.2 Å². The number of benzene rings is 3. The van der Waals surface area contributed by atoms with Gasteiger partial charge in [-0.15, -0.1) is 0 Å². The summed E-state index contributed by atoms with van der Waals surface area (Å²) in [5.74, 6) is 1.63.